The molecule has 4 heteroatoms. The molecule has 2 rings (SSSR count). The quantitative estimate of drug-likeness (QED) is 0.663. The van der Waals surface area contributed by atoms with Crippen molar-refractivity contribution in [2.75, 3.05) is 0 Å². The zero-order chi connectivity index (χ0) is 10.1. The van der Waals surface area contributed by atoms with E-state index in [-0.39, 0.29) is 34.8 Å². The molecule has 0 saturated carbocycles. The van der Waals surface area contributed by atoms with Crippen LogP contribution >= 0.6 is 0 Å². The first-order valence-electron chi connectivity index (χ1n) is 4.74. The fourth-order valence-electron chi connectivity index (χ4n) is 1.97. The van der Waals surface area contributed by atoms with Crippen molar-refractivity contribution in [1.29, 1.82) is 0 Å². The minimum Gasteiger partial charge on any atom is -1.00 e. The van der Waals surface area contributed by atoms with Crippen molar-refractivity contribution in [3.05, 3.63) is 47.5 Å². The molecule has 0 aliphatic carbocycles. The van der Waals surface area contributed by atoms with Gasteiger partial charge in [-0.05, 0) is 31.9 Å². The molecule has 0 bridgehead atoms. The van der Waals surface area contributed by atoms with E-state index in [9.17, 15) is 0 Å². The fourth-order valence-corrected chi connectivity index (χ4v) is 1.97. The van der Waals surface area contributed by atoms with Crippen molar-refractivity contribution in [2.45, 2.75) is 20.8 Å². The van der Waals surface area contributed by atoms with E-state index in [2.05, 4.69) is 42.5 Å². The Morgan fingerprint density at radius 3 is 2.06 bits per heavy atom. The number of aromatic nitrogens is 2. The van der Waals surface area contributed by atoms with Gasteiger partial charge in [-0.15, -0.1) is 0 Å². The molecule has 16 heavy (non-hydrogen) atoms. The molecule has 0 spiro atoms. The summed E-state index contributed by atoms with van der Waals surface area (Å²) < 4.78 is 2.06. The molecule has 1 aromatic heterocycles. The second kappa shape index (κ2) is 6.26. The van der Waals surface area contributed by atoms with E-state index >= 15 is 0 Å². The standard InChI is InChI=1S/C12H14N2.Ag.ClH/c1-9-6-10(2)12(11(3)7-9)14-5-4-13-8-14;;/h4-8H,1-3H3;;1H/q;+1;/p-1. The van der Waals surface area contributed by atoms with Crippen LogP contribution in [0, 0.1) is 20.8 Å². The molecule has 90 valence electrons. The maximum atomic E-state index is 4.07. The van der Waals surface area contributed by atoms with E-state index in [1.165, 1.54) is 22.4 Å². The number of aryl methyl sites for hydroxylation is 3. The molecule has 0 amide bonds. The van der Waals surface area contributed by atoms with E-state index in [4.69, 9.17) is 0 Å². The molecule has 0 radical (unpaired) electrons. The molecule has 0 aliphatic heterocycles. The molecule has 0 saturated heterocycles. The van der Waals surface area contributed by atoms with Gasteiger partial charge in [0, 0.05) is 12.4 Å². The molecule has 0 fully saturated rings. The summed E-state index contributed by atoms with van der Waals surface area (Å²) in [5, 5.41) is 0. The predicted octanol–water partition coefficient (Wildman–Crippen LogP) is -0.201. The Morgan fingerprint density at radius 1 is 1.06 bits per heavy atom. The van der Waals surface area contributed by atoms with E-state index in [1.54, 1.807) is 6.20 Å². The number of rotatable bonds is 1. The van der Waals surface area contributed by atoms with Crippen LogP contribution in [0.2, 0.25) is 0 Å². The Morgan fingerprint density at radius 2 is 1.62 bits per heavy atom. The van der Waals surface area contributed by atoms with Gasteiger partial charge in [0.2, 0.25) is 0 Å². The monoisotopic (exact) mass is 328 g/mol. The van der Waals surface area contributed by atoms with Gasteiger partial charge in [-0.1, -0.05) is 17.7 Å². The summed E-state index contributed by atoms with van der Waals surface area (Å²) in [5.41, 5.74) is 5.14. The Bertz CT molecular complexity index is 429. The van der Waals surface area contributed by atoms with Crippen molar-refractivity contribution in [3.63, 3.8) is 0 Å². The van der Waals surface area contributed by atoms with Gasteiger partial charge in [-0.25, -0.2) is 4.98 Å². The second-order valence-electron chi connectivity index (χ2n) is 3.72. The Balaban J connectivity index is 0.00000112. The summed E-state index contributed by atoms with van der Waals surface area (Å²) in [7, 11) is 0. The maximum Gasteiger partial charge on any atom is 1.00 e. The Hall–Kier alpha value is -0.540. The number of benzene rings is 1. The minimum atomic E-state index is 0. The topological polar surface area (TPSA) is 17.8 Å². The average Bonchev–Trinajstić information content (AvgIpc) is 2.54. The molecule has 0 aliphatic rings. The van der Waals surface area contributed by atoms with Crippen LogP contribution < -0.4 is 12.4 Å². The Labute approximate surface area is 118 Å². The molecular weight excluding hydrogens is 315 g/mol. The first-order valence-corrected chi connectivity index (χ1v) is 4.74. The summed E-state index contributed by atoms with van der Waals surface area (Å²) in [6, 6.07) is 4.39. The first kappa shape index (κ1) is 15.5. The largest absolute Gasteiger partial charge is 1.00 e. The number of hydrogen-bond donors (Lipinski definition) is 0. The molecule has 1 aromatic carbocycles. The van der Waals surface area contributed by atoms with Crippen LogP contribution in [0.5, 0.6) is 0 Å². The maximum absolute atomic E-state index is 4.07. The smallest absolute Gasteiger partial charge is 1.00 e. The second-order valence-corrected chi connectivity index (χ2v) is 3.72. The predicted molar refractivity (Wildman–Crippen MR) is 57.8 cm³/mol. The van der Waals surface area contributed by atoms with E-state index in [0.717, 1.165) is 0 Å². The van der Waals surface area contributed by atoms with Crippen LogP contribution in [-0.4, -0.2) is 9.55 Å². The van der Waals surface area contributed by atoms with Crippen molar-refractivity contribution >= 4 is 0 Å². The van der Waals surface area contributed by atoms with Crippen molar-refractivity contribution < 1.29 is 34.8 Å². The van der Waals surface area contributed by atoms with Crippen LogP contribution in [0.25, 0.3) is 5.69 Å². The van der Waals surface area contributed by atoms with Gasteiger partial charge in [-0.2, -0.15) is 0 Å². The Kier molecular flexibility index (Phi) is 6.05. The van der Waals surface area contributed by atoms with Gasteiger partial charge >= 0.3 is 22.4 Å². The van der Waals surface area contributed by atoms with E-state index in [0.29, 0.717) is 0 Å². The van der Waals surface area contributed by atoms with Crippen LogP contribution in [0.1, 0.15) is 16.7 Å². The van der Waals surface area contributed by atoms with Crippen LogP contribution in [0.15, 0.2) is 30.9 Å². The third kappa shape index (κ3) is 2.98. The van der Waals surface area contributed by atoms with Crippen LogP contribution in [0.4, 0.5) is 0 Å². The summed E-state index contributed by atoms with van der Waals surface area (Å²) >= 11 is 0. The summed E-state index contributed by atoms with van der Waals surface area (Å²) in [5.74, 6) is 0. The van der Waals surface area contributed by atoms with Crippen LogP contribution in [0.3, 0.4) is 0 Å². The van der Waals surface area contributed by atoms with Gasteiger partial charge < -0.3 is 17.0 Å². The van der Waals surface area contributed by atoms with E-state index in [1.807, 2.05) is 12.5 Å². The normalized spacial score (nSPS) is 9.19. The first-order chi connectivity index (χ1) is 6.68. The summed E-state index contributed by atoms with van der Waals surface area (Å²) in [4.78, 5) is 4.07. The van der Waals surface area contributed by atoms with E-state index < -0.39 is 0 Å². The van der Waals surface area contributed by atoms with Gasteiger partial charge in [0.15, 0.2) is 0 Å². The molecule has 0 atom stereocenters. The zero-order valence-corrected chi connectivity index (χ0v) is 11.7. The third-order valence-electron chi connectivity index (χ3n) is 2.40. The molecule has 1 heterocycles. The molecule has 2 aromatic rings. The van der Waals surface area contributed by atoms with Gasteiger partial charge in [-0.3, -0.25) is 0 Å². The molecule has 2 nitrogen and oxygen atoms in total. The molecule has 0 N–H and O–H groups in total. The van der Waals surface area contributed by atoms with Crippen LogP contribution in [-0.2, 0) is 22.4 Å². The van der Waals surface area contributed by atoms with Crippen molar-refractivity contribution in [1.82, 2.24) is 9.55 Å². The number of nitrogens with zero attached hydrogens (tertiary/aromatic N) is 2. The number of imidazole rings is 1. The summed E-state index contributed by atoms with van der Waals surface area (Å²) in [6.07, 6.45) is 5.62. The molecule has 0 unspecified atom stereocenters. The average molecular weight is 330 g/mol. The van der Waals surface area contributed by atoms with Gasteiger partial charge in [0.1, 0.15) is 0 Å². The number of halogens is 1. The summed E-state index contributed by atoms with van der Waals surface area (Å²) in [6.45, 7) is 6.39. The molecular formula is C12H14AgClN2. The van der Waals surface area contributed by atoms with Gasteiger partial charge in [0.05, 0.1) is 12.0 Å². The van der Waals surface area contributed by atoms with Crippen molar-refractivity contribution in [2.24, 2.45) is 0 Å². The van der Waals surface area contributed by atoms with Gasteiger partial charge in [0.25, 0.3) is 0 Å². The zero-order valence-electron chi connectivity index (χ0n) is 9.46. The number of hydrogen-bond acceptors (Lipinski definition) is 1. The SMILES string of the molecule is Cc1cc(C)c(-n2ccnc2)c(C)c1.[Ag+].[Cl-]. The third-order valence-corrected chi connectivity index (χ3v) is 2.40. The fraction of sp³-hybridized carbons (Fsp3) is 0.250. The van der Waals surface area contributed by atoms with Crippen molar-refractivity contribution in [3.8, 4) is 5.69 Å². The minimum absolute atomic E-state index is 0.